The van der Waals surface area contributed by atoms with Crippen molar-refractivity contribution < 1.29 is 0 Å². The first kappa shape index (κ1) is 14.7. The summed E-state index contributed by atoms with van der Waals surface area (Å²) in [5, 5.41) is 3.46. The maximum Gasteiger partial charge on any atom is 0.155 e. The van der Waals surface area contributed by atoms with Gasteiger partial charge in [-0.25, -0.2) is 9.98 Å². The third-order valence-electron chi connectivity index (χ3n) is 4.28. The normalized spacial score (nSPS) is 24.9. The first-order valence-corrected chi connectivity index (χ1v) is 8.41. The van der Waals surface area contributed by atoms with Crippen LogP contribution in [0.2, 0.25) is 0 Å². The number of benzene rings is 1. The maximum absolute atomic E-state index is 4.87. The van der Waals surface area contributed by atoms with Crippen molar-refractivity contribution in [1.29, 1.82) is 0 Å². The summed E-state index contributed by atoms with van der Waals surface area (Å²) in [4.78, 5) is 9.68. The molecule has 0 saturated heterocycles. The van der Waals surface area contributed by atoms with E-state index in [-0.39, 0.29) is 12.1 Å². The molecule has 2 unspecified atom stereocenters. The number of rotatable bonds is 3. The Balaban J connectivity index is 1.70. The number of allylic oxidation sites excluding steroid dienone is 4. The Kier molecular flexibility index (Phi) is 4.12. The van der Waals surface area contributed by atoms with Gasteiger partial charge in [-0.05, 0) is 12.8 Å². The zero-order chi connectivity index (χ0) is 16.2. The molecule has 0 spiro atoms. The van der Waals surface area contributed by atoms with E-state index in [4.69, 9.17) is 9.98 Å². The summed E-state index contributed by atoms with van der Waals surface area (Å²) in [6, 6.07) is 10.2. The van der Waals surface area contributed by atoms with Crippen LogP contribution in [0, 0.1) is 17.8 Å². The smallest absolute Gasteiger partial charge is 0.155 e. The van der Waals surface area contributed by atoms with Crippen LogP contribution in [0.3, 0.4) is 0 Å². The molecule has 1 aromatic rings. The van der Waals surface area contributed by atoms with E-state index in [1.54, 1.807) is 0 Å². The molecule has 0 radical (unpaired) electrons. The average Bonchev–Trinajstić information content (AvgIpc) is 2.70. The molecule has 0 amide bonds. The van der Waals surface area contributed by atoms with Gasteiger partial charge in [0.15, 0.2) is 6.17 Å². The van der Waals surface area contributed by atoms with Gasteiger partial charge in [-0.2, -0.15) is 0 Å². The monoisotopic (exact) mass is 313 g/mol. The van der Waals surface area contributed by atoms with Crippen LogP contribution in [0.15, 0.2) is 76.3 Å². The van der Waals surface area contributed by atoms with Crippen molar-refractivity contribution in [2.75, 3.05) is 0 Å². The van der Waals surface area contributed by atoms with Gasteiger partial charge in [0, 0.05) is 23.5 Å². The number of amidine groups is 2. The molecule has 4 rings (SSSR count). The fourth-order valence-electron chi connectivity index (χ4n) is 3.01. The minimum absolute atomic E-state index is 0.139. The van der Waals surface area contributed by atoms with E-state index in [0.29, 0.717) is 0 Å². The minimum atomic E-state index is -0.139. The van der Waals surface area contributed by atoms with Crippen LogP contribution in [-0.4, -0.2) is 17.8 Å². The Morgan fingerprint density at radius 1 is 1.12 bits per heavy atom. The SMILES string of the molecule is C1#CC(C2N=C(C3C=CC=CC3)N=C(c3ccccc3)N2)=CCC1. The fourth-order valence-corrected chi connectivity index (χ4v) is 3.01. The molecule has 2 atom stereocenters. The molecular formula is C21H19N3. The molecule has 0 aromatic heterocycles. The molecule has 0 fully saturated rings. The molecule has 24 heavy (non-hydrogen) atoms. The molecule has 1 heterocycles. The first-order valence-electron chi connectivity index (χ1n) is 8.41. The molecule has 2 aliphatic carbocycles. The molecule has 118 valence electrons. The summed E-state index contributed by atoms with van der Waals surface area (Å²) < 4.78 is 0. The van der Waals surface area contributed by atoms with E-state index in [1.165, 1.54) is 0 Å². The Morgan fingerprint density at radius 3 is 2.79 bits per heavy atom. The number of aliphatic imine (C=N–C) groups is 2. The maximum atomic E-state index is 4.87. The van der Waals surface area contributed by atoms with Gasteiger partial charge < -0.3 is 5.32 Å². The molecule has 3 aliphatic rings. The minimum Gasteiger partial charge on any atom is -0.344 e. The van der Waals surface area contributed by atoms with E-state index >= 15 is 0 Å². The molecule has 1 aromatic carbocycles. The largest absolute Gasteiger partial charge is 0.344 e. The molecule has 3 nitrogen and oxygen atoms in total. The quantitative estimate of drug-likeness (QED) is 0.850. The summed E-state index contributed by atoms with van der Waals surface area (Å²) in [6.45, 7) is 0. The van der Waals surface area contributed by atoms with Gasteiger partial charge in [0.2, 0.25) is 0 Å². The topological polar surface area (TPSA) is 36.8 Å². The van der Waals surface area contributed by atoms with Crippen molar-refractivity contribution in [3.63, 3.8) is 0 Å². The molecule has 3 heteroatoms. The Labute approximate surface area is 142 Å². The Morgan fingerprint density at radius 2 is 2.04 bits per heavy atom. The van der Waals surface area contributed by atoms with Gasteiger partial charge in [-0.15, -0.1) is 0 Å². The van der Waals surface area contributed by atoms with E-state index < -0.39 is 0 Å². The van der Waals surface area contributed by atoms with Crippen LogP contribution >= 0.6 is 0 Å². The van der Waals surface area contributed by atoms with Gasteiger partial charge in [-0.1, -0.05) is 72.6 Å². The molecular weight excluding hydrogens is 294 g/mol. The van der Waals surface area contributed by atoms with Crippen LogP contribution in [0.1, 0.15) is 24.8 Å². The summed E-state index contributed by atoms with van der Waals surface area (Å²) in [5.41, 5.74) is 2.13. The van der Waals surface area contributed by atoms with Crippen molar-refractivity contribution in [2.45, 2.75) is 25.4 Å². The number of hydrogen-bond donors (Lipinski definition) is 1. The summed E-state index contributed by atoms with van der Waals surface area (Å²) >= 11 is 0. The van der Waals surface area contributed by atoms with Crippen LogP contribution in [0.5, 0.6) is 0 Å². The van der Waals surface area contributed by atoms with Crippen molar-refractivity contribution in [1.82, 2.24) is 5.32 Å². The highest BCUT2D eigenvalue weighted by atomic mass is 15.2. The fraction of sp³-hybridized carbons (Fsp3) is 0.238. The first-order chi connectivity index (χ1) is 11.9. The van der Waals surface area contributed by atoms with E-state index in [0.717, 1.165) is 42.1 Å². The zero-order valence-corrected chi connectivity index (χ0v) is 13.4. The predicted octanol–water partition coefficient (Wildman–Crippen LogP) is 3.62. The van der Waals surface area contributed by atoms with Crippen molar-refractivity contribution in [3.8, 4) is 11.8 Å². The average molecular weight is 313 g/mol. The molecule has 0 bridgehead atoms. The Bertz CT molecular complexity index is 829. The van der Waals surface area contributed by atoms with Gasteiger partial charge >= 0.3 is 0 Å². The van der Waals surface area contributed by atoms with Crippen LogP contribution in [0.4, 0.5) is 0 Å². The van der Waals surface area contributed by atoms with Crippen LogP contribution in [0.25, 0.3) is 0 Å². The third kappa shape index (κ3) is 3.09. The van der Waals surface area contributed by atoms with E-state index in [1.807, 2.05) is 18.2 Å². The van der Waals surface area contributed by atoms with Gasteiger partial charge in [0.05, 0.1) is 0 Å². The predicted molar refractivity (Wildman–Crippen MR) is 98.8 cm³/mol. The summed E-state index contributed by atoms with van der Waals surface area (Å²) in [7, 11) is 0. The highest BCUT2D eigenvalue weighted by molar-refractivity contribution is 6.09. The highest BCUT2D eigenvalue weighted by Gasteiger charge is 2.24. The lowest BCUT2D eigenvalue weighted by molar-refractivity contribution is 0.707. The van der Waals surface area contributed by atoms with Gasteiger partial charge in [0.1, 0.15) is 11.7 Å². The second-order valence-electron chi connectivity index (χ2n) is 6.02. The van der Waals surface area contributed by atoms with E-state index in [9.17, 15) is 0 Å². The van der Waals surface area contributed by atoms with Crippen molar-refractivity contribution >= 4 is 11.7 Å². The van der Waals surface area contributed by atoms with E-state index in [2.05, 4.69) is 59.7 Å². The van der Waals surface area contributed by atoms with Crippen molar-refractivity contribution in [2.24, 2.45) is 15.9 Å². The Hall–Kier alpha value is -2.86. The second kappa shape index (κ2) is 6.72. The lowest BCUT2D eigenvalue weighted by Gasteiger charge is -2.26. The molecule has 0 saturated carbocycles. The lowest BCUT2D eigenvalue weighted by Crippen LogP contribution is -2.41. The summed E-state index contributed by atoms with van der Waals surface area (Å²) in [5.74, 6) is 8.42. The standard InChI is InChI=1S/C21H19N3/c1-4-10-16(11-5-1)19-22-20(17-12-6-2-7-13-17)24-21(23-19)18-14-8-3-9-15-18/h1-2,4-7,10-12,14,17,21H,3,8,13H2,(H,22,23,24). The second-order valence-corrected chi connectivity index (χ2v) is 6.02. The zero-order valence-electron chi connectivity index (χ0n) is 13.4. The lowest BCUT2D eigenvalue weighted by atomic mass is 9.98. The number of nitrogens with zero attached hydrogens (tertiary/aromatic N) is 2. The van der Waals surface area contributed by atoms with Crippen molar-refractivity contribution in [3.05, 3.63) is 71.8 Å². The van der Waals surface area contributed by atoms with Gasteiger partial charge in [-0.3, -0.25) is 0 Å². The highest BCUT2D eigenvalue weighted by Crippen LogP contribution is 2.21. The van der Waals surface area contributed by atoms with Crippen LogP contribution in [-0.2, 0) is 0 Å². The molecule has 1 aliphatic heterocycles. The van der Waals surface area contributed by atoms with Gasteiger partial charge in [0.25, 0.3) is 0 Å². The van der Waals surface area contributed by atoms with Crippen LogP contribution < -0.4 is 5.32 Å². The molecule has 1 N–H and O–H groups in total. The number of hydrogen-bond acceptors (Lipinski definition) is 3. The summed E-state index contributed by atoms with van der Waals surface area (Å²) in [6.07, 6.45) is 13.4. The number of nitrogens with one attached hydrogen (secondary N) is 1. The third-order valence-corrected chi connectivity index (χ3v) is 4.28.